The number of hydrogen-bond donors (Lipinski definition) is 1. The highest BCUT2D eigenvalue weighted by Gasteiger charge is 2.18. The maximum Gasteiger partial charge on any atom is 0.291 e. The fourth-order valence-corrected chi connectivity index (χ4v) is 4.21. The van der Waals surface area contributed by atoms with E-state index in [9.17, 15) is 13.2 Å². The maximum atomic E-state index is 12.7. The Balaban J connectivity index is 1.78. The number of sulfonamides is 1. The van der Waals surface area contributed by atoms with Crippen molar-refractivity contribution in [3.63, 3.8) is 0 Å². The first-order valence-electron chi connectivity index (χ1n) is 8.92. The molecule has 0 aliphatic rings. The fraction of sp³-hybridized carbons (Fsp3) is 0.200. The predicted octanol–water partition coefficient (Wildman–Crippen LogP) is 4.01. The lowest BCUT2D eigenvalue weighted by atomic mass is 9.97. The van der Waals surface area contributed by atoms with Crippen LogP contribution in [-0.4, -0.2) is 24.7 Å². The van der Waals surface area contributed by atoms with E-state index in [0.29, 0.717) is 12.2 Å². The van der Waals surface area contributed by atoms with E-state index in [1.54, 1.807) is 0 Å². The second-order valence-electron chi connectivity index (χ2n) is 6.39. The van der Waals surface area contributed by atoms with E-state index in [1.807, 2.05) is 37.3 Å². The molecule has 0 radical (unpaired) electrons. The largest absolute Gasteiger partial charge is 0.291 e. The van der Waals surface area contributed by atoms with E-state index in [1.165, 1.54) is 30.5 Å². The number of nitrogens with one attached hydrogen (secondary N) is 1. The van der Waals surface area contributed by atoms with Crippen LogP contribution < -0.4 is 10.3 Å². The molecule has 0 saturated carbocycles. The van der Waals surface area contributed by atoms with Crippen molar-refractivity contribution >= 4 is 33.2 Å². The first-order valence-corrected chi connectivity index (χ1v) is 11.2. The van der Waals surface area contributed by atoms with Gasteiger partial charge >= 0.3 is 0 Å². The van der Waals surface area contributed by atoms with Crippen molar-refractivity contribution in [3.05, 3.63) is 86.8 Å². The van der Waals surface area contributed by atoms with Crippen molar-refractivity contribution in [1.29, 1.82) is 0 Å². The van der Waals surface area contributed by atoms with Gasteiger partial charge in [0, 0.05) is 6.54 Å². The zero-order valence-electron chi connectivity index (χ0n) is 15.5. The molecule has 1 atom stereocenters. The number of nitrogens with zero attached hydrogens (tertiary/aromatic N) is 2. The van der Waals surface area contributed by atoms with E-state index < -0.39 is 15.6 Å². The van der Waals surface area contributed by atoms with Gasteiger partial charge in [-0.3, -0.25) is 4.79 Å². The molecular formula is C20H19Cl2N3O3S. The molecule has 1 N–H and O–H groups in total. The van der Waals surface area contributed by atoms with Gasteiger partial charge in [0.1, 0.15) is 5.02 Å². The van der Waals surface area contributed by atoms with E-state index in [4.69, 9.17) is 23.2 Å². The summed E-state index contributed by atoms with van der Waals surface area (Å²) in [5.41, 5.74) is 0.878. The van der Waals surface area contributed by atoms with Gasteiger partial charge in [-0.1, -0.05) is 60.5 Å². The van der Waals surface area contributed by atoms with Gasteiger partial charge < -0.3 is 0 Å². The lowest BCUT2D eigenvalue weighted by Crippen LogP contribution is -2.28. The smallest absolute Gasteiger partial charge is 0.266 e. The van der Waals surface area contributed by atoms with Crippen molar-refractivity contribution in [3.8, 4) is 5.69 Å². The Hall–Kier alpha value is -2.19. The molecule has 9 heteroatoms. The van der Waals surface area contributed by atoms with Gasteiger partial charge in [0.25, 0.3) is 5.56 Å². The van der Waals surface area contributed by atoms with Gasteiger partial charge in [0.2, 0.25) is 10.0 Å². The Morgan fingerprint density at radius 2 is 1.72 bits per heavy atom. The molecule has 2 aromatic carbocycles. The van der Waals surface area contributed by atoms with Gasteiger partial charge in [0.05, 0.1) is 21.8 Å². The van der Waals surface area contributed by atoms with Gasteiger partial charge in [-0.2, -0.15) is 9.78 Å². The number of halogens is 2. The minimum atomic E-state index is -3.70. The van der Waals surface area contributed by atoms with Crippen LogP contribution in [0.4, 0.5) is 0 Å². The summed E-state index contributed by atoms with van der Waals surface area (Å²) < 4.78 is 29.0. The first-order chi connectivity index (χ1) is 13.8. The summed E-state index contributed by atoms with van der Waals surface area (Å²) in [6.45, 7) is 2.31. The second-order valence-corrected chi connectivity index (χ2v) is 8.94. The molecule has 1 aromatic heterocycles. The van der Waals surface area contributed by atoms with Crippen LogP contribution in [0.25, 0.3) is 5.69 Å². The Labute approximate surface area is 179 Å². The number of aromatic nitrogens is 2. The highest BCUT2D eigenvalue weighted by Crippen LogP contribution is 2.20. The summed E-state index contributed by atoms with van der Waals surface area (Å²) in [6.07, 6.45) is 2.06. The summed E-state index contributed by atoms with van der Waals surface area (Å²) in [5, 5.41) is 3.84. The van der Waals surface area contributed by atoms with Crippen LogP contribution in [0.3, 0.4) is 0 Å². The van der Waals surface area contributed by atoms with E-state index >= 15 is 0 Å². The monoisotopic (exact) mass is 451 g/mol. The highest BCUT2D eigenvalue weighted by molar-refractivity contribution is 7.89. The Morgan fingerprint density at radius 1 is 1.07 bits per heavy atom. The SMILES string of the molecule is CC[C@H](CNS(=O)(=O)c1ccc(-n2ncc(Cl)c(Cl)c2=O)cc1)c1ccccc1. The molecule has 0 bridgehead atoms. The Morgan fingerprint density at radius 3 is 2.34 bits per heavy atom. The molecule has 0 amide bonds. The quantitative estimate of drug-likeness (QED) is 0.588. The summed E-state index contributed by atoms with van der Waals surface area (Å²) in [7, 11) is -3.70. The molecule has 6 nitrogen and oxygen atoms in total. The van der Waals surface area contributed by atoms with Gasteiger partial charge in [-0.25, -0.2) is 13.1 Å². The molecule has 1 heterocycles. The third-order valence-corrected chi connectivity index (χ3v) is 6.74. The minimum Gasteiger partial charge on any atom is -0.266 e. The number of benzene rings is 2. The average molecular weight is 452 g/mol. The molecule has 3 rings (SSSR count). The third-order valence-electron chi connectivity index (χ3n) is 4.55. The van der Waals surface area contributed by atoms with Crippen molar-refractivity contribution in [2.75, 3.05) is 6.54 Å². The molecule has 0 fully saturated rings. The topological polar surface area (TPSA) is 81.1 Å². The van der Waals surface area contributed by atoms with Crippen LogP contribution in [0.15, 0.2) is 70.5 Å². The third kappa shape index (κ3) is 4.87. The van der Waals surface area contributed by atoms with Crippen LogP contribution in [0.5, 0.6) is 0 Å². The number of rotatable bonds is 7. The normalized spacial score (nSPS) is 12.7. The maximum absolute atomic E-state index is 12.7. The van der Waals surface area contributed by atoms with E-state index in [0.717, 1.165) is 16.7 Å². The molecule has 0 saturated heterocycles. The Kier molecular flexibility index (Phi) is 6.74. The lowest BCUT2D eigenvalue weighted by molar-refractivity contribution is 0.566. The predicted molar refractivity (Wildman–Crippen MR) is 115 cm³/mol. The van der Waals surface area contributed by atoms with Crippen LogP contribution in [0.1, 0.15) is 24.8 Å². The molecule has 3 aromatic rings. The van der Waals surface area contributed by atoms with Crippen molar-refractivity contribution in [2.45, 2.75) is 24.2 Å². The van der Waals surface area contributed by atoms with E-state index in [2.05, 4.69) is 9.82 Å². The number of hydrogen-bond acceptors (Lipinski definition) is 4. The molecule has 0 spiro atoms. The molecule has 29 heavy (non-hydrogen) atoms. The van der Waals surface area contributed by atoms with Gasteiger partial charge in [-0.15, -0.1) is 0 Å². The van der Waals surface area contributed by atoms with Crippen LogP contribution in [-0.2, 0) is 10.0 Å². The molecule has 0 aliphatic carbocycles. The van der Waals surface area contributed by atoms with Crippen molar-refractivity contribution in [1.82, 2.24) is 14.5 Å². The molecule has 0 unspecified atom stereocenters. The van der Waals surface area contributed by atoms with Crippen LogP contribution >= 0.6 is 23.2 Å². The fourth-order valence-electron chi connectivity index (χ4n) is 2.88. The van der Waals surface area contributed by atoms with Gasteiger partial charge in [-0.05, 0) is 42.2 Å². The minimum absolute atomic E-state index is 0.0557. The summed E-state index contributed by atoms with van der Waals surface area (Å²) in [5.74, 6) is 0.0734. The zero-order chi connectivity index (χ0) is 21.0. The lowest BCUT2D eigenvalue weighted by Gasteiger charge is -2.16. The zero-order valence-corrected chi connectivity index (χ0v) is 17.9. The molecular weight excluding hydrogens is 433 g/mol. The molecule has 152 valence electrons. The van der Waals surface area contributed by atoms with Crippen molar-refractivity contribution < 1.29 is 8.42 Å². The Bertz CT molecular complexity index is 1150. The highest BCUT2D eigenvalue weighted by atomic mass is 35.5. The first kappa shape index (κ1) is 21.5. The van der Waals surface area contributed by atoms with Crippen LogP contribution in [0.2, 0.25) is 10.0 Å². The standard InChI is InChI=1S/C20H19Cl2N3O3S/c1-2-14(15-6-4-3-5-7-15)12-24-29(27,28)17-10-8-16(9-11-17)25-20(26)19(22)18(21)13-23-25/h3-11,13-14,24H,2,12H2,1H3/t14-/m1/s1. The average Bonchev–Trinajstić information content (AvgIpc) is 2.73. The summed E-state index contributed by atoms with van der Waals surface area (Å²) in [6, 6.07) is 15.6. The summed E-state index contributed by atoms with van der Waals surface area (Å²) in [4.78, 5) is 12.3. The summed E-state index contributed by atoms with van der Waals surface area (Å²) >= 11 is 11.6. The molecule has 0 aliphatic heterocycles. The second kappa shape index (κ2) is 9.09. The van der Waals surface area contributed by atoms with Crippen LogP contribution in [0, 0.1) is 0 Å². The van der Waals surface area contributed by atoms with Crippen molar-refractivity contribution in [2.24, 2.45) is 0 Å². The van der Waals surface area contributed by atoms with Gasteiger partial charge in [0.15, 0.2) is 0 Å². The van der Waals surface area contributed by atoms with E-state index in [-0.39, 0.29) is 20.9 Å².